The van der Waals surface area contributed by atoms with E-state index in [2.05, 4.69) is 0 Å². The van der Waals surface area contributed by atoms with Crippen LogP contribution in [0.4, 0.5) is 0 Å². The van der Waals surface area contributed by atoms with Gasteiger partial charge in [-0.1, -0.05) is 51.0 Å². The monoisotopic (exact) mass is 504 g/mol. The zero-order chi connectivity index (χ0) is 24.3. The van der Waals surface area contributed by atoms with E-state index in [0.717, 1.165) is 62.5 Å². The van der Waals surface area contributed by atoms with E-state index >= 15 is 0 Å². The van der Waals surface area contributed by atoms with Gasteiger partial charge in [-0.2, -0.15) is 8.61 Å². The molecule has 2 fully saturated rings. The number of rotatable bonds is 7. The summed E-state index contributed by atoms with van der Waals surface area (Å²) < 4.78 is 56.2. The molecule has 2 aromatic rings. The van der Waals surface area contributed by atoms with Gasteiger partial charge in [0.2, 0.25) is 20.0 Å². The lowest BCUT2D eigenvalue weighted by molar-refractivity contribution is 0.246. The van der Waals surface area contributed by atoms with Crippen LogP contribution < -0.4 is 0 Å². The summed E-state index contributed by atoms with van der Waals surface area (Å²) >= 11 is 0. The van der Waals surface area contributed by atoms with Crippen LogP contribution in [0.1, 0.15) is 65.2 Å². The first kappa shape index (κ1) is 25.4. The van der Waals surface area contributed by atoms with Gasteiger partial charge < -0.3 is 0 Å². The molecule has 2 aliphatic heterocycles. The second-order valence-corrected chi connectivity index (χ2v) is 13.2. The summed E-state index contributed by atoms with van der Waals surface area (Å²) in [6.45, 7) is 5.24. The van der Waals surface area contributed by atoms with Crippen molar-refractivity contribution in [3.8, 4) is 11.1 Å². The van der Waals surface area contributed by atoms with Gasteiger partial charge in [-0.25, -0.2) is 16.8 Å². The maximum atomic E-state index is 13.2. The summed E-state index contributed by atoms with van der Waals surface area (Å²) in [6, 6.07) is 14.0. The highest BCUT2D eigenvalue weighted by molar-refractivity contribution is 7.89. The van der Waals surface area contributed by atoms with Crippen molar-refractivity contribution < 1.29 is 16.8 Å². The van der Waals surface area contributed by atoms with E-state index in [1.807, 2.05) is 13.8 Å². The van der Waals surface area contributed by atoms with Gasteiger partial charge in [0.25, 0.3) is 0 Å². The largest absolute Gasteiger partial charge is 0.243 e. The Morgan fingerprint density at radius 1 is 0.618 bits per heavy atom. The minimum Gasteiger partial charge on any atom is -0.207 e. The Hall–Kier alpha value is -1.74. The molecule has 2 saturated heterocycles. The van der Waals surface area contributed by atoms with Crippen molar-refractivity contribution in [3.05, 3.63) is 48.5 Å². The van der Waals surface area contributed by atoms with E-state index < -0.39 is 20.0 Å². The number of hydrogen-bond acceptors (Lipinski definition) is 4. The molecule has 8 heteroatoms. The third-order valence-electron chi connectivity index (χ3n) is 7.34. The van der Waals surface area contributed by atoms with E-state index in [1.165, 1.54) is 0 Å². The van der Waals surface area contributed by atoms with Crippen molar-refractivity contribution in [2.45, 2.75) is 87.1 Å². The number of hydrogen-bond donors (Lipinski definition) is 0. The Morgan fingerprint density at radius 3 is 1.29 bits per heavy atom. The first-order chi connectivity index (χ1) is 16.3. The number of sulfonamides is 2. The lowest BCUT2D eigenvalue weighted by Crippen LogP contribution is -2.43. The molecule has 0 spiro atoms. The third-order valence-corrected chi connectivity index (χ3v) is 11.3. The Balaban J connectivity index is 1.53. The van der Waals surface area contributed by atoms with Gasteiger partial charge in [0.1, 0.15) is 0 Å². The predicted molar refractivity (Wildman–Crippen MR) is 136 cm³/mol. The lowest BCUT2D eigenvalue weighted by atomic mass is 10.0. The molecule has 0 amide bonds. The van der Waals surface area contributed by atoms with Gasteiger partial charge in [-0.05, 0) is 73.9 Å². The molecule has 6 nitrogen and oxygen atoms in total. The van der Waals surface area contributed by atoms with Gasteiger partial charge in [0.15, 0.2) is 0 Å². The summed E-state index contributed by atoms with van der Waals surface area (Å²) in [6.07, 6.45) is 7.43. The molecule has 2 aliphatic rings. The number of nitrogens with zero attached hydrogens (tertiary/aromatic N) is 2. The summed E-state index contributed by atoms with van der Waals surface area (Å²) in [5.74, 6) is 0. The first-order valence-corrected chi connectivity index (χ1v) is 15.4. The molecule has 2 atom stereocenters. The Bertz CT molecular complexity index is 1080. The molecule has 2 heterocycles. The van der Waals surface area contributed by atoms with Crippen LogP contribution in [0.3, 0.4) is 0 Å². The highest BCUT2D eigenvalue weighted by atomic mass is 32.2. The van der Waals surface area contributed by atoms with Crippen LogP contribution in [-0.2, 0) is 20.0 Å². The second kappa shape index (κ2) is 10.5. The van der Waals surface area contributed by atoms with Crippen molar-refractivity contribution in [2.24, 2.45) is 0 Å². The highest BCUT2D eigenvalue weighted by Gasteiger charge is 2.33. The molecule has 0 N–H and O–H groups in total. The molecule has 0 aromatic heterocycles. The molecule has 0 bridgehead atoms. The summed E-state index contributed by atoms with van der Waals surface area (Å²) in [5, 5.41) is 0. The minimum atomic E-state index is -3.52. The fraction of sp³-hybridized carbons (Fsp3) is 0.538. The van der Waals surface area contributed by atoms with Crippen LogP contribution in [0, 0.1) is 0 Å². The maximum absolute atomic E-state index is 13.2. The standard InChI is InChI=1S/C26H36N2O4S2/c1-3-23-9-5-7-19-27(23)33(29,30)25-15-11-21(12-16-25)22-13-17-26(18-14-22)34(31,32)28-20-8-6-10-24(28)4-2/h11-18,23-24H,3-10,19-20H2,1-2H3/t23-,24-/m0/s1. The molecule has 0 saturated carbocycles. The zero-order valence-corrected chi connectivity index (χ0v) is 21.8. The second-order valence-electron chi connectivity index (χ2n) is 9.40. The van der Waals surface area contributed by atoms with Crippen LogP contribution >= 0.6 is 0 Å². The fourth-order valence-corrected chi connectivity index (χ4v) is 8.84. The summed E-state index contributed by atoms with van der Waals surface area (Å²) in [7, 11) is -7.04. The molecule has 2 aromatic carbocycles. The molecular formula is C26H36N2O4S2. The average molecular weight is 505 g/mol. The minimum absolute atomic E-state index is 0.0696. The summed E-state index contributed by atoms with van der Waals surface area (Å²) in [4.78, 5) is 0.623. The number of benzene rings is 2. The van der Waals surface area contributed by atoms with Crippen molar-refractivity contribution in [3.63, 3.8) is 0 Å². The van der Waals surface area contributed by atoms with Gasteiger partial charge in [0.05, 0.1) is 9.79 Å². The zero-order valence-electron chi connectivity index (χ0n) is 20.2. The molecule has 0 aliphatic carbocycles. The van der Waals surface area contributed by atoms with E-state index in [0.29, 0.717) is 22.9 Å². The van der Waals surface area contributed by atoms with Gasteiger partial charge in [-0.3, -0.25) is 0 Å². The normalized spacial score (nSPS) is 23.1. The third kappa shape index (κ3) is 4.96. The highest BCUT2D eigenvalue weighted by Crippen LogP contribution is 2.31. The topological polar surface area (TPSA) is 74.8 Å². The first-order valence-electron chi connectivity index (χ1n) is 12.5. The van der Waals surface area contributed by atoms with Crippen molar-refractivity contribution >= 4 is 20.0 Å². The molecule has 0 radical (unpaired) electrons. The van der Waals surface area contributed by atoms with Gasteiger partial charge in [-0.15, -0.1) is 0 Å². The van der Waals surface area contributed by atoms with E-state index in [1.54, 1.807) is 57.1 Å². The Labute approximate surface area is 205 Å². The molecular weight excluding hydrogens is 468 g/mol. The van der Waals surface area contributed by atoms with E-state index in [-0.39, 0.29) is 12.1 Å². The number of piperidine rings is 2. The van der Waals surface area contributed by atoms with Crippen LogP contribution in [0.2, 0.25) is 0 Å². The molecule has 0 unspecified atom stereocenters. The Morgan fingerprint density at radius 2 is 0.971 bits per heavy atom. The van der Waals surface area contributed by atoms with Crippen LogP contribution in [0.15, 0.2) is 58.3 Å². The van der Waals surface area contributed by atoms with Gasteiger partial charge in [0, 0.05) is 25.2 Å². The van der Waals surface area contributed by atoms with Crippen molar-refractivity contribution in [1.29, 1.82) is 0 Å². The smallest absolute Gasteiger partial charge is 0.207 e. The van der Waals surface area contributed by atoms with Crippen LogP contribution in [-0.4, -0.2) is 50.6 Å². The van der Waals surface area contributed by atoms with Crippen LogP contribution in [0.25, 0.3) is 11.1 Å². The van der Waals surface area contributed by atoms with Crippen molar-refractivity contribution in [2.75, 3.05) is 13.1 Å². The molecule has 34 heavy (non-hydrogen) atoms. The lowest BCUT2D eigenvalue weighted by Gasteiger charge is -2.34. The molecule has 186 valence electrons. The maximum Gasteiger partial charge on any atom is 0.243 e. The fourth-order valence-electron chi connectivity index (χ4n) is 5.31. The SMILES string of the molecule is CC[C@H]1CCCCN1S(=O)(=O)c1ccc(-c2ccc(S(=O)(=O)N3CCCC[C@@H]3CC)cc2)cc1. The van der Waals surface area contributed by atoms with E-state index in [9.17, 15) is 16.8 Å². The quantitative estimate of drug-likeness (QED) is 0.515. The average Bonchev–Trinajstić information content (AvgIpc) is 2.88. The van der Waals surface area contributed by atoms with Crippen molar-refractivity contribution in [1.82, 2.24) is 8.61 Å². The van der Waals surface area contributed by atoms with Crippen LogP contribution in [0.5, 0.6) is 0 Å². The summed E-state index contributed by atoms with van der Waals surface area (Å²) in [5.41, 5.74) is 1.72. The van der Waals surface area contributed by atoms with Gasteiger partial charge >= 0.3 is 0 Å². The predicted octanol–water partition coefficient (Wildman–Crippen LogP) is 5.26. The molecule has 4 rings (SSSR count). The van der Waals surface area contributed by atoms with E-state index in [4.69, 9.17) is 0 Å². The Kier molecular flexibility index (Phi) is 7.82.